The Bertz CT molecular complexity index is 562. The molecule has 0 radical (unpaired) electrons. The minimum absolute atomic E-state index is 0.0777. The third-order valence-electron chi connectivity index (χ3n) is 2.45. The normalized spacial score (nSPS) is 12.6. The fourth-order valence-electron chi connectivity index (χ4n) is 1.62. The van der Waals surface area contributed by atoms with Gasteiger partial charge in [0.2, 0.25) is 0 Å². The fourth-order valence-corrected chi connectivity index (χ4v) is 2.88. The molecule has 2 aromatic heterocycles. The molecule has 4 nitrogen and oxygen atoms in total. The number of hydrogen-bond acceptors (Lipinski definition) is 3. The topological polar surface area (TPSA) is 55.1 Å². The van der Waals surface area contributed by atoms with Crippen LogP contribution in [0.1, 0.15) is 33.3 Å². The molecule has 1 unspecified atom stereocenters. The van der Waals surface area contributed by atoms with Crippen molar-refractivity contribution < 1.29 is 9.90 Å². The summed E-state index contributed by atoms with van der Waals surface area (Å²) in [7, 11) is 0. The molecule has 0 aliphatic carbocycles. The second kappa shape index (κ2) is 4.62. The smallest absolute Gasteiger partial charge is 0.352 e. The Labute approximate surface area is 111 Å². The summed E-state index contributed by atoms with van der Waals surface area (Å²) in [5.41, 5.74) is 0.261. The van der Waals surface area contributed by atoms with Crippen molar-refractivity contribution in [3.8, 4) is 0 Å². The number of halogens is 1. The number of rotatable bonds is 3. The molecular weight excluding hydrogens is 304 g/mol. The Hall–Kier alpha value is -1.14. The van der Waals surface area contributed by atoms with Gasteiger partial charge in [-0.1, -0.05) is 0 Å². The number of carboxylic acids is 1. The minimum atomic E-state index is -0.934. The van der Waals surface area contributed by atoms with Crippen molar-refractivity contribution in [3.63, 3.8) is 0 Å². The van der Waals surface area contributed by atoms with Gasteiger partial charge in [0, 0.05) is 21.7 Å². The Morgan fingerprint density at radius 1 is 1.65 bits per heavy atom. The van der Waals surface area contributed by atoms with Gasteiger partial charge >= 0.3 is 5.97 Å². The molecule has 90 valence electrons. The van der Waals surface area contributed by atoms with E-state index in [9.17, 15) is 4.79 Å². The average Bonchev–Trinajstić information content (AvgIpc) is 2.83. The van der Waals surface area contributed by atoms with Crippen LogP contribution >= 0.6 is 27.3 Å². The number of nitrogens with zero attached hydrogens (tertiary/aromatic N) is 2. The molecule has 1 N–H and O–H groups in total. The molecule has 2 rings (SSSR count). The van der Waals surface area contributed by atoms with Gasteiger partial charge in [-0.05, 0) is 35.8 Å². The molecule has 0 amide bonds. The third kappa shape index (κ3) is 2.42. The first-order chi connectivity index (χ1) is 7.99. The van der Waals surface area contributed by atoms with E-state index in [4.69, 9.17) is 5.11 Å². The molecule has 6 heteroatoms. The highest BCUT2D eigenvalue weighted by atomic mass is 79.9. The Kier molecular flexibility index (Phi) is 3.35. The summed E-state index contributed by atoms with van der Waals surface area (Å²) in [5, 5.41) is 10.0. The highest BCUT2D eigenvalue weighted by molar-refractivity contribution is 9.10. The van der Waals surface area contributed by atoms with Gasteiger partial charge in [-0.25, -0.2) is 9.78 Å². The van der Waals surface area contributed by atoms with Gasteiger partial charge < -0.3 is 9.67 Å². The summed E-state index contributed by atoms with van der Waals surface area (Å²) in [4.78, 5) is 16.5. The average molecular weight is 315 g/mol. The van der Waals surface area contributed by atoms with E-state index in [0.717, 1.165) is 14.4 Å². The van der Waals surface area contributed by atoms with Crippen LogP contribution in [-0.4, -0.2) is 20.6 Å². The summed E-state index contributed by atoms with van der Waals surface area (Å²) >= 11 is 4.88. The first kappa shape index (κ1) is 12.3. The Morgan fingerprint density at radius 2 is 2.35 bits per heavy atom. The molecule has 1 atom stereocenters. The molecule has 2 aromatic rings. The molecule has 2 heterocycles. The summed E-state index contributed by atoms with van der Waals surface area (Å²) in [6, 6.07) is 1.52. The van der Waals surface area contributed by atoms with E-state index in [1.807, 2.05) is 13.8 Å². The molecule has 0 aliphatic rings. The highest BCUT2D eigenvalue weighted by Gasteiger charge is 2.19. The van der Waals surface area contributed by atoms with Crippen molar-refractivity contribution in [1.29, 1.82) is 0 Å². The zero-order valence-corrected chi connectivity index (χ0v) is 11.7. The van der Waals surface area contributed by atoms with Crippen LogP contribution in [0.15, 0.2) is 22.9 Å². The second-order valence-corrected chi connectivity index (χ2v) is 5.92. The number of thiazole rings is 1. The van der Waals surface area contributed by atoms with Crippen LogP contribution in [0.3, 0.4) is 0 Å². The zero-order chi connectivity index (χ0) is 12.6. The van der Waals surface area contributed by atoms with E-state index in [1.165, 1.54) is 0 Å². The van der Waals surface area contributed by atoms with Crippen LogP contribution in [-0.2, 0) is 0 Å². The monoisotopic (exact) mass is 314 g/mol. The zero-order valence-electron chi connectivity index (χ0n) is 9.35. The van der Waals surface area contributed by atoms with Crippen molar-refractivity contribution in [3.05, 3.63) is 38.5 Å². The molecule has 0 saturated carbocycles. The summed E-state index contributed by atoms with van der Waals surface area (Å²) in [5.74, 6) is -0.934. The fraction of sp³-hybridized carbons (Fsp3) is 0.273. The lowest BCUT2D eigenvalue weighted by atomic mass is 10.3. The van der Waals surface area contributed by atoms with Gasteiger partial charge in [-0.15, -0.1) is 11.3 Å². The lowest BCUT2D eigenvalue weighted by Crippen LogP contribution is -2.12. The van der Waals surface area contributed by atoms with E-state index in [2.05, 4.69) is 20.9 Å². The van der Waals surface area contributed by atoms with Crippen LogP contribution in [0.25, 0.3) is 0 Å². The standard InChI is InChI=1S/C11H11BrN2O2S/c1-6-4-13-10(17-6)7(2)14-5-8(12)3-9(14)11(15)16/h3-5,7H,1-2H3,(H,15,16). The molecular formula is C11H11BrN2O2S. The van der Waals surface area contributed by atoms with Crippen molar-refractivity contribution in [2.45, 2.75) is 19.9 Å². The maximum absolute atomic E-state index is 11.1. The quantitative estimate of drug-likeness (QED) is 0.945. The van der Waals surface area contributed by atoms with E-state index in [-0.39, 0.29) is 11.7 Å². The van der Waals surface area contributed by atoms with Crippen LogP contribution in [0.2, 0.25) is 0 Å². The number of carbonyl (C=O) groups is 1. The first-order valence-corrected chi connectivity index (χ1v) is 6.63. The first-order valence-electron chi connectivity index (χ1n) is 5.02. The maximum Gasteiger partial charge on any atom is 0.352 e. The largest absolute Gasteiger partial charge is 0.477 e. The predicted octanol–water partition coefficient (Wildman–Crippen LogP) is 3.32. The van der Waals surface area contributed by atoms with E-state index >= 15 is 0 Å². The van der Waals surface area contributed by atoms with Crippen LogP contribution in [0, 0.1) is 6.92 Å². The second-order valence-electron chi connectivity index (χ2n) is 3.74. The number of aryl methyl sites for hydroxylation is 1. The van der Waals surface area contributed by atoms with Crippen LogP contribution in [0.4, 0.5) is 0 Å². The van der Waals surface area contributed by atoms with Crippen molar-refractivity contribution in [2.75, 3.05) is 0 Å². The SMILES string of the molecule is Cc1cnc(C(C)n2cc(Br)cc2C(=O)O)s1. The van der Waals surface area contributed by atoms with Gasteiger partial charge in [0.25, 0.3) is 0 Å². The van der Waals surface area contributed by atoms with Crippen LogP contribution in [0.5, 0.6) is 0 Å². The van der Waals surface area contributed by atoms with Gasteiger partial charge in [-0.3, -0.25) is 0 Å². The van der Waals surface area contributed by atoms with E-state index in [0.29, 0.717) is 0 Å². The Balaban J connectivity index is 2.43. The van der Waals surface area contributed by atoms with Gasteiger partial charge in [0.15, 0.2) is 0 Å². The lowest BCUT2D eigenvalue weighted by Gasteiger charge is -2.12. The Morgan fingerprint density at radius 3 is 2.88 bits per heavy atom. The number of aromatic nitrogens is 2. The molecule has 0 spiro atoms. The lowest BCUT2D eigenvalue weighted by molar-refractivity contribution is 0.0684. The summed E-state index contributed by atoms with van der Waals surface area (Å²) < 4.78 is 2.47. The van der Waals surface area contributed by atoms with Gasteiger partial charge in [-0.2, -0.15) is 0 Å². The molecule has 0 aromatic carbocycles. The van der Waals surface area contributed by atoms with Crippen molar-refractivity contribution >= 4 is 33.2 Å². The highest BCUT2D eigenvalue weighted by Crippen LogP contribution is 2.27. The molecule has 0 bridgehead atoms. The number of aromatic carboxylic acids is 1. The van der Waals surface area contributed by atoms with E-state index in [1.54, 1.807) is 34.4 Å². The summed E-state index contributed by atoms with van der Waals surface area (Å²) in [6.45, 7) is 3.93. The van der Waals surface area contributed by atoms with Gasteiger partial charge in [0.1, 0.15) is 10.7 Å². The maximum atomic E-state index is 11.1. The van der Waals surface area contributed by atoms with Gasteiger partial charge in [0.05, 0.1) is 6.04 Å². The number of carboxylic acid groups (broad SMARTS) is 1. The van der Waals surface area contributed by atoms with Crippen molar-refractivity contribution in [1.82, 2.24) is 9.55 Å². The number of hydrogen-bond donors (Lipinski definition) is 1. The predicted molar refractivity (Wildman–Crippen MR) is 69.8 cm³/mol. The van der Waals surface area contributed by atoms with Crippen molar-refractivity contribution in [2.24, 2.45) is 0 Å². The minimum Gasteiger partial charge on any atom is -0.477 e. The molecule has 17 heavy (non-hydrogen) atoms. The molecule has 0 saturated heterocycles. The molecule has 0 fully saturated rings. The van der Waals surface area contributed by atoms with E-state index < -0.39 is 5.97 Å². The third-order valence-corrected chi connectivity index (χ3v) is 3.96. The van der Waals surface area contributed by atoms with Crippen LogP contribution < -0.4 is 0 Å². The molecule has 0 aliphatic heterocycles. The summed E-state index contributed by atoms with van der Waals surface area (Å²) in [6.07, 6.45) is 3.57.